The Hall–Kier alpha value is -2.24. The molecule has 1 atom stereocenters. The lowest BCUT2D eigenvalue weighted by atomic mass is 10.0. The lowest BCUT2D eigenvalue weighted by Gasteiger charge is -2.16. The van der Waals surface area contributed by atoms with E-state index in [4.69, 9.17) is 11.6 Å². The van der Waals surface area contributed by atoms with Crippen molar-refractivity contribution in [2.75, 3.05) is 0 Å². The van der Waals surface area contributed by atoms with Gasteiger partial charge in [-0.05, 0) is 35.9 Å². The van der Waals surface area contributed by atoms with E-state index < -0.39 is 19.0 Å². The van der Waals surface area contributed by atoms with Crippen LogP contribution in [0.1, 0.15) is 23.2 Å². The second kappa shape index (κ2) is 8.02. The van der Waals surface area contributed by atoms with E-state index in [2.05, 4.69) is 0 Å². The molecule has 0 saturated heterocycles. The molecule has 1 unspecified atom stereocenters. The molecule has 28 heavy (non-hydrogen) atoms. The van der Waals surface area contributed by atoms with Crippen molar-refractivity contribution in [3.8, 4) is 0 Å². The molecule has 146 valence electrons. The first-order valence-electron chi connectivity index (χ1n) is 8.41. The monoisotopic (exact) mass is 421 g/mol. The van der Waals surface area contributed by atoms with Crippen LogP contribution in [-0.4, -0.2) is 20.1 Å². The molecule has 5 nitrogen and oxygen atoms in total. The molecule has 1 heterocycles. The Morgan fingerprint density at radius 1 is 1.25 bits per heavy atom. The highest BCUT2D eigenvalue weighted by molar-refractivity contribution is 7.53. The van der Waals surface area contributed by atoms with E-state index in [0.717, 1.165) is 0 Å². The molecular formula is C20H18ClFNO4P. The largest absolute Gasteiger partial charge is 0.350 e. The number of hydrogen-bond acceptors (Lipinski definition) is 2. The van der Waals surface area contributed by atoms with Crippen LogP contribution < -0.4 is 0 Å². The van der Waals surface area contributed by atoms with Gasteiger partial charge in [0.2, 0.25) is 0 Å². The van der Waals surface area contributed by atoms with Crippen LogP contribution >= 0.6 is 19.2 Å². The number of carbonyl (C=O) groups excluding carboxylic acids is 1. The second-order valence-corrected chi connectivity index (χ2v) is 8.60. The number of nitrogens with zero attached hydrogens (tertiary/aromatic N) is 1. The van der Waals surface area contributed by atoms with Gasteiger partial charge in [-0.3, -0.25) is 9.36 Å². The Balaban J connectivity index is 1.93. The van der Waals surface area contributed by atoms with Crippen LogP contribution in [0.25, 0.3) is 17.0 Å². The third kappa shape index (κ3) is 4.42. The molecule has 3 aromatic rings. The number of fused-ring (bicyclic) bond motifs is 1. The Morgan fingerprint density at radius 2 is 1.93 bits per heavy atom. The van der Waals surface area contributed by atoms with Crippen molar-refractivity contribution in [2.45, 2.75) is 12.1 Å². The fourth-order valence-electron chi connectivity index (χ4n) is 3.15. The molecule has 2 aromatic carbocycles. The van der Waals surface area contributed by atoms with E-state index in [9.17, 15) is 23.5 Å². The minimum absolute atomic E-state index is 0.176. The van der Waals surface area contributed by atoms with Crippen molar-refractivity contribution >= 4 is 42.0 Å². The third-order valence-corrected chi connectivity index (χ3v) is 5.89. The predicted octanol–water partition coefficient (Wildman–Crippen LogP) is 4.86. The standard InChI is InChI=1S/C20H18ClFNO4P/c1-23-12-17(16-11-14(21)7-10-18(16)23)20(28(25,26)27)19(24)4-2-3-13-5-8-15(22)9-6-13/h2-3,5-12,20H,4H2,1H3,(H2,25,26,27)/b3-2+. The summed E-state index contributed by atoms with van der Waals surface area (Å²) in [5.41, 5.74) is 0.0485. The fourth-order valence-corrected chi connectivity index (χ4v) is 4.37. The van der Waals surface area contributed by atoms with Crippen molar-refractivity contribution in [1.29, 1.82) is 0 Å². The Labute approximate surface area is 166 Å². The van der Waals surface area contributed by atoms with Gasteiger partial charge in [0, 0.05) is 41.2 Å². The molecule has 0 aliphatic rings. The number of rotatable bonds is 6. The zero-order valence-corrected chi connectivity index (χ0v) is 16.6. The van der Waals surface area contributed by atoms with Crippen molar-refractivity contribution < 1.29 is 23.5 Å². The molecule has 8 heteroatoms. The number of hydrogen-bond donors (Lipinski definition) is 2. The first-order valence-corrected chi connectivity index (χ1v) is 10.5. The van der Waals surface area contributed by atoms with Gasteiger partial charge >= 0.3 is 7.60 Å². The topological polar surface area (TPSA) is 79.5 Å². The molecule has 0 fully saturated rings. The Kier molecular flexibility index (Phi) is 5.87. The van der Waals surface area contributed by atoms with Gasteiger partial charge in [-0.25, -0.2) is 4.39 Å². The number of ketones is 1. The summed E-state index contributed by atoms with van der Waals surface area (Å²) in [4.78, 5) is 32.5. The molecule has 1 aromatic heterocycles. The molecule has 0 aliphatic heterocycles. The quantitative estimate of drug-likeness (QED) is 0.557. The van der Waals surface area contributed by atoms with Crippen LogP contribution in [0.15, 0.2) is 54.7 Å². The predicted molar refractivity (Wildman–Crippen MR) is 108 cm³/mol. The summed E-state index contributed by atoms with van der Waals surface area (Å²) in [6.45, 7) is 0. The van der Waals surface area contributed by atoms with Crippen LogP contribution in [0.2, 0.25) is 5.02 Å². The Bertz CT molecular complexity index is 1100. The van der Waals surface area contributed by atoms with Crippen LogP contribution in [0.4, 0.5) is 4.39 Å². The number of carbonyl (C=O) groups is 1. The number of benzene rings is 2. The van der Waals surface area contributed by atoms with Crippen LogP contribution in [0.3, 0.4) is 0 Å². The average Bonchev–Trinajstić information content (AvgIpc) is 2.91. The van der Waals surface area contributed by atoms with Crippen molar-refractivity contribution in [2.24, 2.45) is 7.05 Å². The van der Waals surface area contributed by atoms with Gasteiger partial charge in [-0.1, -0.05) is 35.9 Å². The lowest BCUT2D eigenvalue weighted by Crippen LogP contribution is -2.12. The zero-order chi connectivity index (χ0) is 20.5. The van der Waals surface area contributed by atoms with Gasteiger partial charge in [0.15, 0.2) is 5.78 Å². The number of halogens is 2. The van der Waals surface area contributed by atoms with Crippen LogP contribution in [0.5, 0.6) is 0 Å². The fraction of sp³-hybridized carbons (Fsp3) is 0.150. The van der Waals surface area contributed by atoms with E-state index in [0.29, 0.717) is 21.5 Å². The molecule has 0 bridgehead atoms. The van der Waals surface area contributed by atoms with E-state index in [1.807, 2.05) is 0 Å². The van der Waals surface area contributed by atoms with Crippen molar-refractivity contribution in [3.05, 3.63) is 76.7 Å². The summed E-state index contributed by atoms with van der Waals surface area (Å²) in [5, 5.41) is 0.937. The molecular weight excluding hydrogens is 404 g/mol. The number of aromatic nitrogens is 1. The molecule has 0 radical (unpaired) electrons. The van der Waals surface area contributed by atoms with Crippen LogP contribution in [-0.2, 0) is 16.4 Å². The lowest BCUT2D eigenvalue weighted by molar-refractivity contribution is -0.118. The number of allylic oxidation sites excluding steroid dienone is 1. The molecule has 2 N–H and O–H groups in total. The van der Waals surface area contributed by atoms with Gasteiger partial charge < -0.3 is 14.4 Å². The van der Waals surface area contributed by atoms with E-state index in [1.54, 1.807) is 54.2 Å². The maximum absolute atomic E-state index is 12.9. The molecule has 0 saturated carbocycles. The second-order valence-electron chi connectivity index (χ2n) is 6.47. The first kappa shape index (κ1) is 20.5. The van der Waals surface area contributed by atoms with Gasteiger partial charge in [0.25, 0.3) is 0 Å². The van der Waals surface area contributed by atoms with E-state index >= 15 is 0 Å². The normalized spacial score (nSPS) is 13.3. The Morgan fingerprint density at radius 3 is 2.57 bits per heavy atom. The van der Waals surface area contributed by atoms with Gasteiger partial charge in [0.05, 0.1) is 0 Å². The van der Waals surface area contributed by atoms with Crippen molar-refractivity contribution in [1.82, 2.24) is 4.57 Å². The summed E-state index contributed by atoms with van der Waals surface area (Å²) in [6.07, 6.45) is 4.49. The smallest absolute Gasteiger partial charge is 0.340 e. The molecule has 3 rings (SSSR count). The summed E-state index contributed by atoms with van der Waals surface area (Å²) in [7, 11) is -3.04. The maximum atomic E-state index is 12.9. The summed E-state index contributed by atoms with van der Waals surface area (Å²) < 4.78 is 26.8. The van der Waals surface area contributed by atoms with Crippen molar-refractivity contribution in [3.63, 3.8) is 0 Å². The highest BCUT2D eigenvalue weighted by Gasteiger charge is 2.38. The first-order chi connectivity index (χ1) is 13.2. The maximum Gasteiger partial charge on any atom is 0.340 e. The summed E-state index contributed by atoms with van der Waals surface area (Å²) in [5.74, 6) is -0.983. The number of Topliss-reactive ketones (excluding diaryl/α,β-unsaturated/α-hetero) is 1. The van der Waals surface area contributed by atoms with E-state index in [1.165, 1.54) is 18.2 Å². The molecule has 0 amide bonds. The van der Waals surface area contributed by atoms with Gasteiger partial charge in [-0.15, -0.1) is 0 Å². The van der Waals surface area contributed by atoms with E-state index in [-0.39, 0.29) is 17.8 Å². The highest BCUT2D eigenvalue weighted by atomic mass is 35.5. The summed E-state index contributed by atoms with van der Waals surface area (Å²) in [6, 6.07) is 10.7. The minimum Gasteiger partial charge on any atom is -0.350 e. The molecule has 0 spiro atoms. The average molecular weight is 422 g/mol. The minimum atomic E-state index is -4.77. The molecule has 0 aliphatic carbocycles. The summed E-state index contributed by atoms with van der Waals surface area (Å²) >= 11 is 6.03. The van der Waals surface area contributed by atoms with Gasteiger partial charge in [0.1, 0.15) is 11.5 Å². The third-order valence-electron chi connectivity index (χ3n) is 4.42. The zero-order valence-electron chi connectivity index (χ0n) is 14.9. The highest BCUT2D eigenvalue weighted by Crippen LogP contribution is 2.54. The SMILES string of the molecule is Cn1cc(C(C(=O)C/C=C/c2ccc(F)cc2)P(=O)(O)O)c2cc(Cl)ccc21. The van der Waals surface area contributed by atoms with Gasteiger partial charge in [-0.2, -0.15) is 0 Å². The number of aryl methyl sites for hydroxylation is 1. The van der Waals surface area contributed by atoms with Crippen LogP contribution in [0, 0.1) is 5.82 Å².